The van der Waals surface area contributed by atoms with Crippen molar-refractivity contribution in [2.24, 2.45) is 0 Å². The van der Waals surface area contributed by atoms with Crippen LogP contribution in [-0.4, -0.2) is 16.5 Å². The van der Waals surface area contributed by atoms with Crippen LogP contribution in [0.2, 0.25) is 0 Å². The van der Waals surface area contributed by atoms with Crippen molar-refractivity contribution in [3.05, 3.63) is 36.0 Å². The molecule has 4 heteroatoms. The molecule has 2 aromatic rings. The average Bonchev–Trinajstić information content (AvgIpc) is 2.47. The highest BCUT2D eigenvalue weighted by Crippen LogP contribution is 2.19. The minimum absolute atomic E-state index is 0.742. The largest absolute Gasteiger partial charge is 0.399 e. The van der Waals surface area contributed by atoms with Gasteiger partial charge in [-0.3, -0.25) is 0 Å². The van der Waals surface area contributed by atoms with E-state index in [-0.39, 0.29) is 0 Å². The molecule has 0 saturated heterocycles. The fourth-order valence-electron chi connectivity index (χ4n) is 2.19. The normalized spacial score (nSPS) is 10.6. The zero-order valence-electron chi connectivity index (χ0n) is 12.9. The van der Waals surface area contributed by atoms with Gasteiger partial charge in [-0.2, -0.15) is 0 Å². The van der Waals surface area contributed by atoms with Crippen LogP contribution in [-0.2, 0) is 0 Å². The Morgan fingerprint density at radius 2 is 1.81 bits per heavy atom. The molecule has 0 radical (unpaired) electrons. The summed E-state index contributed by atoms with van der Waals surface area (Å²) in [6.45, 7) is 5.17. The fourth-order valence-corrected chi connectivity index (χ4v) is 2.19. The van der Waals surface area contributed by atoms with Gasteiger partial charge in [-0.25, -0.2) is 9.97 Å². The number of rotatable bonds is 7. The van der Waals surface area contributed by atoms with Crippen molar-refractivity contribution in [1.82, 2.24) is 9.97 Å². The van der Waals surface area contributed by atoms with E-state index in [0.29, 0.717) is 0 Å². The monoisotopic (exact) mass is 284 g/mol. The molecule has 21 heavy (non-hydrogen) atoms. The minimum Gasteiger partial charge on any atom is -0.399 e. The van der Waals surface area contributed by atoms with E-state index in [2.05, 4.69) is 22.2 Å². The molecule has 0 saturated carbocycles. The molecule has 1 heterocycles. The van der Waals surface area contributed by atoms with Gasteiger partial charge in [0, 0.05) is 29.6 Å². The van der Waals surface area contributed by atoms with Crippen LogP contribution in [0.4, 0.5) is 11.5 Å². The minimum atomic E-state index is 0.742. The average molecular weight is 284 g/mol. The van der Waals surface area contributed by atoms with E-state index in [0.717, 1.165) is 35.1 Å². The van der Waals surface area contributed by atoms with Gasteiger partial charge in [0.05, 0.1) is 0 Å². The third-order valence-corrected chi connectivity index (χ3v) is 3.36. The van der Waals surface area contributed by atoms with Gasteiger partial charge in [0.2, 0.25) is 0 Å². The molecule has 0 unspecified atom stereocenters. The number of hydrogen-bond donors (Lipinski definition) is 2. The van der Waals surface area contributed by atoms with Crippen LogP contribution in [0.15, 0.2) is 30.3 Å². The van der Waals surface area contributed by atoms with E-state index >= 15 is 0 Å². The van der Waals surface area contributed by atoms with Crippen LogP contribution in [0, 0.1) is 6.92 Å². The third-order valence-electron chi connectivity index (χ3n) is 3.36. The Balaban J connectivity index is 2.05. The molecule has 0 amide bonds. The van der Waals surface area contributed by atoms with Crippen LogP contribution in [0.3, 0.4) is 0 Å². The molecule has 0 aliphatic rings. The maximum Gasteiger partial charge on any atom is 0.161 e. The van der Waals surface area contributed by atoms with Gasteiger partial charge in [0.25, 0.3) is 0 Å². The van der Waals surface area contributed by atoms with Crippen molar-refractivity contribution in [1.29, 1.82) is 0 Å². The number of aromatic nitrogens is 2. The number of aryl methyl sites for hydroxylation is 1. The highest BCUT2D eigenvalue weighted by atomic mass is 15.0. The van der Waals surface area contributed by atoms with Crippen LogP contribution >= 0.6 is 0 Å². The quantitative estimate of drug-likeness (QED) is 0.595. The lowest BCUT2D eigenvalue weighted by atomic mass is 10.2. The topological polar surface area (TPSA) is 63.8 Å². The number of hydrogen-bond acceptors (Lipinski definition) is 4. The van der Waals surface area contributed by atoms with Gasteiger partial charge in [0.15, 0.2) is 5.82 Å². The first kappa shape index (κ1) is 15.3. The summed E-state index contributed by atoms with van der Waals surface area (Å²) in [7, 11) is 0. The Hall–Kier alpha value is -2.10. The van der Waals surface area contributed by atoms with Crippen LogP contribution < -0.4 is 11.1 Å². The smallest absolute Gasteiger partial charge is 0.161 e. The third kappa shape index (κ3) is 4.74. The standard InChI is InChI=1S/C17H24N4/c1-3-4-5-6-11-19-16-12-13(2)20-17(21-16)14-7-9-15(18)10-8-14/h7-10,12H,3-6,11,18H2,1-2H3,(H,19,20,21). The molecular formula is C17H24N4. The summed E-state index contributed by atoms with van der Waals surface area (Å²) in [5.41, 5.74) is 8.42. The molecule has 0 aliphatic carbocycles. The molecule has 0 fully saturated rings. The molecular weight excluding hydrogens is 260 g/mol. The van der Waals surface area contributed by atoms with E-state index in [1.807, 2.05) is 37.3 Å². The van der Waals surface area contributed by atoms with E-state index in [1.54, 1.807) is 0 Å². The first-order valence-corrected chi connectivity index (χ1v) is 7.64. The first-order valence-electron chi connectivity index (χ1n) is 7.64. The van der Waals surface area contributed by atoms with Gasteiger partial charge in [-0.15, -0.1) is 0 Å². The molecule has 1 aromatic carbocycles. The second-order valence-electron chi connectivity index (χ2n) is 5.33. The number of anilines is 2. The van der Waals surface area contributed by atoms with Gasteiger partial charge in [-0.05, 0) is 37.6 Å². The van der Waals surface area contributed by atoms with Gasteiger partial charge in [0.1, 0.15) is 5.82 Å². The van der Waals surface area contributed by atoms with Crippen molar-refractivity contribution < 1.29 is 0 Å². The lowest BCUT2D eigenvalue weighted by molar-refractivity contribution is 0.684. The van der Waals surface area contributed by atoms with E-state index < -0.39 is 0 Å². The van der Waals surface area contributed by atoms with Gasteiger partial charge < -0.3 is 11.1 Å². The summed E-state index contributed by atoms with van der Waals surface area (Å²) < 4.78 is 0. The first-order chi connectivity index (χ1) is 10.2. The summed E-state index contributed by atoms with van der Waals surface area (Å²) in [6, 6.07) is 9.64. The number of nitrogens with one attached hydrogen (secondary N) is 1. The Labute approximate surface area is 126 Å². The van der Waals surface area contributed by atoms with Crippen molar-refractivity contribution in [2.75, 3.05) is 17.6 Å². The molecule has 4 nitrogen and oxygen atoms in total. The van der Waals surface area contributed by atoms with E-state index in [1.165, 1.54) is 25.7 Å². The summed E-state index contributed by atoms with van der Waals surface area (Å²) in [4.78, 5) is 9.09. The second kappa shape index (κ2) is 7.62. The molecule has 2 rings (SSSR count). The molecule has 112 valence electrons. The molecule has 3 N–H and O–H groups in total. The maximum atomic E-state index is 5.72. The zero-order valence-corrected chi connectivity index (χ0v) is 12.9. The number of nitrogens with zero attached hydrogens (tertiary/aromatic N) is 2. The van der Waals surface area contributed by atoms with Gasteiger partial charge >= 0.3 is 0 Å². The number of nitrogens with two attached hydrogens (primary N) is 1. The highest BCUT2D eigenvalue weighted by molar-refractivity contribution is 5.60. The number of unbranched alkanes of at least 4 members (excludes halogenated alkanes) is 3. The van der Waals surface area contributed by atoms with Crippen molar-refractivity contribution in [3.63, 3.8) is 0 Å². The fraction of sp³-hybridized carbons (Fsp3) is 0.412. The Kier molecular flexibility index (Phi) is 5.55. The number of nitrogen functional groups attached to an aromatic ring is 1. The van der Waals surface area contributed by atoms with Crippen LogP contribution in [0.1, 0.15) is 38.3 Å². The van der Waals surface area contributed by atoms with E-state index in [9.17, 15) is 0 Å². The Morgan fingerprint density at radius 1 is 1.05 bits per heavy atom. The highest BCUT2D eigenvalue weighted by Gasteiger charge is 2.04. The maximum absolute atomic E-state index is 5.72. The summed E-state index contributed by atoms with van der Waals surface area (Å²) in [6.07, 6.45) is 4.99. The van der Waals surface area contributed by atoms with Crippen LogP contribution in [0.5, 0.6) is 0 Å². The second-order valence-corrected chi connectivity index (χ2v) is 5.33. The summed E-state index contributed by atoms with van der Waals surface area (Å²) >= 11 is 0. The molecule has 0 atom stereocenters. The Bertz CT molecular complexity index is 564. The summed E-state index contributed by atoms with van der Waals surface area (Å²) in [5.74, 6) is 1.64. The molecule has 0 spiro atoms. The number of benzene rings is 1. The lowest BCUT2D eigenvalue weighted by Gasteiger charge is -2.09. The predicted molar refractivity (Wildman–Crippen MR) is 89.2 cm³/mol. The van der Waals surface area contributed by atoms with Crippen molar-refractivity contribution in [3.8, 4) is 11.4 Å². The van der Waals surface area contributed by atoms with Crippen LogP contribution in [0.25, 0.3) is 11.4 Å². The Morgan fingerprint density at radius 3 is 2.52 bits per heavy atom. The van der Waals surface area contributed by atoms with Crippen molar-refractivity contribution >= 4 is 11.5 Å². The molecule has 0 aliphatic heterocycles. The van der Waals surface area contributed by atoms with Gasteiger partial charge in [-0.1, -0.05) is 26.2 Å². The molecule has 0 bridgehead atoms. The van der Waals surface area contributed by atoms with E-state index in [4.69, 9.17) is 5.73 Å². The predicted octanol–water partition coefficient (Wildman–Crippen LogP) is 4.03. The molecule has 1 aromatic heterocycles. The zero-order chi connectivity index (χ0) is 15.1. The SMILES string of the molecule is CCCCCCNc1cc(C)nc(-c2ccc(N)cc2)n1. The van der Waals surface area contributed by atoms with Crippen molar-refractivity contribution in [2.45, 2.75) is 39.5 Å². The lowest BCUT2D eigenvalue weighted by Crippen LogP contribution is -2.05. The summed E-state index contributed by atoms with van der Waals surface area (Å²) in [5, 5.41) is 3.39.